The molecule has 1 aliphatic heterocycles. The molecule has 3 aromatic rings. The third kappa shape index (κ3) is 9.05. The molecule has 0 bridgehead atoms. The van der Waals surface area contributed by atoms with Crippen LogP contribution in [0.1, 0.15) is 31.9 Å². The van der Waals surface area contributed by atoms with E-state index in [4.69, 9.17) is 9.47 Å². The van der Waals surface area contributed by atoms with E-state index in [1.165, 1.54) is 23.8 Å². The molecule has 0 spiro atoms. The highest BCUT2D eigenvalue weighted by atomic mass is 32.2. The molecule has 0 unspecified atom stereocenters. The lowest BCUT2D eigenvalue weighted by molar-refractivity contribution is -0.140. The fraction of sp³-hybridized carbons (Fsp3) is 0.484. The normalized spacial score (nSPS) is 14.8. The number of sulfone groups is 1. The summed E-state index contributed by atoms with van der Waals surface area (Å²) in [5.41, 5.74) is 2.04. The molecule has 0 aliphatic carbocycles. The maximum atomic E-state index is 13.6. The lowest BCUT2D eigenvalue weighted by atomic mass is 10.0. The number of nitrogens with one attached hydrogen (secondary N) is 2. The summed E-state index contributed by atoms with van der Waals surface area (Å²) in [5, 5.41) is 7.33. The first-order valence-corrected chi connectivity index (χ1v) is 16.2. The van der Waals surface area contributed by atoms with Crippen molar-refractivity contribution in [2.24, 2.45) is 0 Å². The number of aromatic nitrogens is 1. The second-order valence-electron chi connectivity index (χ2n) is 10.6. The number of hydrogen-bond acceptors (Lipinski definition) is 7. The summed E-state index contributed by atoms with van der Waals surface area (Å²) in [4.78, 5) is 2.54. The number of halogens is 3. The molecule has 1 aromatic heterocycles. The molecule has 2 N–H and O–H groups in total. The minimum absolute atomic E-state index is 0.108. The molecule has 0 atom stereocenters. The number of anilines is 2. The fourth-order valence-corrected chi connectivity index (χ4v) is 5.88. The monoisotopic (exact) mass is 620 g/mol. The molecule has 1 saturated heterocycles. The molecule has 0 radical (unpaired) electrons. The Morgan fingerprint density at radius 3 is 2.53 bits per heavy atom. The summed E-state index contributed by atoms with van der Waals surface area (Å²) in [7, 11) is -1.99. The first kappa shape index (κ1) is 32.5. The van der Waals surface area contributed by atoms with Crippen LogP contribution in [0.4, 0.5) is 24.5 Å². The first-order valence-electron chi connectivity index (χ1n) is 14.3. The maximum absolute atomic E-state index is 13.6. The van der Waals surface area contributed by atoms with Gasteiger partial charge in [0, 0.05) is 62.3 Å². The van der Waals surface area contributed by atoms with Gasteiger partial charge in [-0.15, -0.1) is 0 Å². The van der Waals surface area contributed by atoms with Gasteiger partial charge in [-0.1, -0.05) is 12.0 Å². The minimum Gasteiger partial charge on any atom is -0.495 e. The van der Waals surface area contributed by atoms with E-state index in [2.05, 4.69) is 27.4 Å². The Morgan fingerprint density at radius 1 is 1.09 bits per heavy atom. The predicted molar refractivity (Wildman–Crippen MR) is 164 cm³/mol. The topological polar surface area (TPSA) is 84.8 Å². The lowest BCUT2D eigenvalue weighted by Crippen LogP contribution is -2.39. The van der Waals surface area contributed by atoms with Crippen LogP contribution in [0.15, 0.2) is 47.4 Å². The highest BCUT2D eigenvalue weighted by molar-refractivity contribution is 7.90. The largest absolute Gasteiger partial charge is 0.495 e. The standard InChI is InChI=1S/C31H39F3N4O4S/c1-4-42-19-7-16-37-17-13-23(14-18-37)36-27-9-5-10-29-26(27)20-24(38(29)22-31(32,33)34)8-6-15-35-28-12-11-25(43(3,39)40)21-30(28)41-2/h5,9-12,20-21,23,35-36H,4,7,13-19,22H2,1-3H3. The van der Waals surface area contributed by atoms with E-state index in [-0.39, 0.29) is 23.2 Å². The van der Waals surface area contributed by atoms with Crippen LogP contribution in [0.3, 0.4) is 0 Å². The zero-order valence-corrected chi connectivity index (χ0v) is 25.6. The van der Waals surface area contributed by atoms with Crippen LogP contribution in [-0.2, 0) is 21.1 Å². The number of methoxy groups -OCH3 is 1. The lowest BCUT2D eigenvalue weighted by Gasteiger charge is -2.33. The summed E-state index contributed by atoms with van der Waals surface area (Å²) in [5.74, 6) is 6.13. The van der Waals surface area contributed by atoms with Gasteiger partial charge in [0.05, 0.1) is 35.4 Å². The van der Waals surface area contributed by atoms with Crippen LogP contribution in [-0.4, -0.2) is 82.9 Å². The molecule has 0 saturated carbocycles. The van der Waals surface area contributed by atoms with Crippen LogP contribution in [0.25, 0.3) is 10.9 Å². The molecule has 8 nitrogen and oxygen atoms in total. The van der Waals surface area contributed by atoms with Crippen LogP contribution in [0.5, 0.6) is 5.75 Å². The van der Waals surface area contributed by atoms with E-state index in [0.717, 1.165) is 64.1 Å². The van der Waals surface area contributed by atoms with Crippen LogP contribution < -0.4 is 15.4 Å². The van der Waals surface area contributed by atoms with Gasteiger partial charge in [0.1, 0.15) is 12.3 Å². The molecule has 2 heterocycles. The number of benzene rings is 2. The van der Waals surface area contributed by atoms with Gasteiger partial charge < -0.3 is 29.6 Å². The van der Waals surface area contributed by atoms with E-state index in [1.54, 1.807) is 24.3 Å². The van der Waals surface area contributed by atoms with E-state index in [9.17, 15) is 21.6 Å². The van der Waals surface area contributed by atoms with Crippen LogP contribution in [0.2, 0.25) is 0 Å². The van der Waals surface area contributed by atoms with Gasteiger partial charge in [0.25, 0.3) is 0 Å². The summed E-state index contributed by atoms with van der Waals surface area (Å²) in [6, 6.07) is 11.7. The van der Waals surface area contributed by atoms with Gasteiger partial charge >= 0.3 is 6.18 Å². The Bertz CT molecular complexity index is 1550. The third-order valence-corrected chi connectivity index (χ3v) is 8.49. The number of nitrogens with zero attached hydrogens (tertiary/aromatic N) is 2. The number of likely N-dealkylation sites (tertiary alicyclic amines) is 1. The Labute approximate surface area is 251 Å². The first-order chi connectivity index (χ1) is 20.5. The van der Waals surface area contributed by atoms with E-state index >= 15 is 0 Å². The SMILES string of the molecule is CCOCCCN1CCC(Nc2cccc3c2cc(C#CCNc2ccc(S(C)(=O)=O)cc2OC)n3CC(F)(F)F)CC1. The quantitative estimate of drug-likeness (QED) is 0.208. The molecule has 2 aromatic carbocycles. The van der Waals surface area contributed by atoms with Gasteiger partial charge in [-0.25, -0.2) is 8.42 Å². The van der Waals surface area contributed by atoms with Crippen molar-refractivity contribution in [3.63, 3.8) is 0 Å². The van der Waals surface area contributed by atoms with Crippen molar-refractivity contribution >= 4 is 32.1 Å². The summed E-state index contributed by atoms with van der Waals surface area (Å²) in [6.45, 7) is 5.35. The van der Waals surface area contributed by atoms with Crippen LogP contribution >= 0.6 is 0 Å². The molecule has 1 fully saturated rings. The summed E-state index contributed by atoms with van der Waals surface area (Å²) in [6.07, 6.45) is -0.423. The number of hydrogen-bond donors (Lipinski definition) is 2. The minimum atomic E-state index is -4.42. The van der Waals surface area contributed by atoms with Crippen molar-refractivity contribution in [1.29, 1.82) is 0 Å². The molecular formula is C31H39F3N4O4S. The van der Waals surface area contributed by atoms with Crippen molar-refractivity contribution in [2.75, 3.05) is 63.4 Å². The van der Waals surface area contributed by atoms with E-state index in [0.29, 0.717) is 22.3 Å². The predicted octanol–water partition coefficient (Wildman–Crippen LogP) is 5.38. The highest BCUT2D eigenvalue weighted by Crippen LogP contribution is 2.32. The second-order valence-corrected chi connectivity index (χ2v) is 12.6. The second kappa shape index (κ2) is 14.4. The zero-order valence-electron chi connectivity index (χ0n) is 24.8. The highest BCUT2D eigenvalue weighted by Gasteiger charge is 2.30. The van der Waals surface area contributed by atoms with Gasteiger partial charge in [0.15, 0.2) is 9.84 Å². The molecule has 12 heteroatoms. The molecule has 234 valence electrons. The Hall–Kier alpha value is -3.40. The van der Waals surface area contributed by atoms with Crippen molar-refractivity contribution in [3.8, 4) is 17.6 Å². The Morgan fingerprint density at radius 2 is 1.86 bits per heavy atom. The average Bonchev–Trinajstić information content (AvgIpc) is 3.30. The number of ether oxygens (including phenoxy) is 2. The number of rotatable bonds is 12. The third-order valence-electron chi connectivity index (χ3n) is 7.38. The van der Waals surface area contributed by atoms with Crippen molar-refractivity contribution in [1.82, 2.24) is 9.47 Å². The summed E-state index contributed by atoms with van der Waals surface area (Å²) < 4.78 is 76.5. The molecule has 4 rings (SSSR count). The maximum Gasteiger partial charge on any atom is 0.406 e. The Balaban J connectivity index is 1.49. The molecule has 43 heavy (non-hydrogen) atoms. The van der Waals surface area contributed by atoms with E-state index < -0.39 is 22.6 Å². The number of piperidine rings is 1. The van der Waals surface area contributed by atoms with Crippen molar-refractivity contribution in [3.05, 3.63) is 48.2 Å². The van der Waals surface area contributed by atoms with Gasteiger partial charge in [-0.2, -0.15) is 13.2 Å². The molecule has 0 amide bonds. The molecular weight excluding hydrogens is 581 g/mol. The van der Waals surface area contributed by atoms with Crippen LogP contribution in [0, 0.1) is 11.8 Å². The summed E-state index contributed by atoms with van der Waals surface area (Å²) >= 11 is 0. The average molecular weight is 621 g/mol. The van der Waals surface area contributed by atoms with E-state index in [1.807, 2.05) is 13.0 Å². The zero-order chi connectivity index (χ0) is 31.0. The Kier molecular flexibility index (Phi) is 10.9. The fourth-order valence-electron chi connectivity index (χ4n) is 5.24. The molecule has 1 aliphatic rings. The smallest absolute Gasteiger partial charge is 0.406 e. The van der Waals surface area contributed by atoms with Crippen molar-refractivity contribution in [2.45, 2.75) is 49.8 Å². The number of alkyl halides is 3. The van der Waals surface area contributed by atoms with Crippen molar-refractivity contribution < 1.29 is 31.1 Å². The van der Waals surface area contributed by atoms with Gasteiger partial charge in [-0.05, 0) is 62.4 Å². The number of fused-ring (bicyclic) bond motifs is 1. The van der Waals surface area contributed by atoms with Gasteiger partial charge in [0.2, 0.25) is 0 Å². The van der Waals surface area contributed by atoms with Gasteiger partial charge in [-0.3, -0.25) is 0 Å².